The summed E-state index contributed by atoms with van der Waals surface area (Å²) >= 11 is 3.49. The molecule has 0 aliphatic heterocycles. The van der Waals surface area contributed by atoms with E-state index in [9.17, 15) is 0 Å². The van der Waals surface area contributed by atoms with Crippen LogP contribution in [0.3, 0.4) is 0 Å². The first-order chi connectivity index (χ1) is 8.28. The summed E-state index contributed by atoms with van der Waals surface area (Å²) in [6.07, 6.45) is 1.76. The summed E-state index contributed by atoms with van der Waals surface area (Å²) in [5.41, 5.74) is 7.11. The standard InChI is InChI=1S/C12H9BrN4/c13-9-3-1-2-7-4-8-6-15-10(5-14)16-12(8)17-11(7)9/h1-4,6H,5,14H2. The highest BCUT2D eigenvalue weighted by Crippen LogP contribution is 2.24. The molecular formula is C12H9BrN4. The maximum atomic E-state index is 5.52. The summed E-state index contributed by atoms with van der Waals surface area (Å²) in [5, 5.41) is 1.99. The lowest BCUT2D eigenvalue weighted by atomic mass is 10.2. The second-order valence-electron chi connectivity index (χ2n) is 3.70. The molecule has 0 spiro atoms. The summed E-state index contributed by atoms with van der Waals surface area (Å²) in [6.45, 7) is 0.325. The van der Waals surface area contributed by atoms with Gasteiger partial charge in [0.05, 0.1) is 12.1 Å². The van der Waals surface area contributed by atoms with E-state index in [2.05, 4.69) is 30.9 Å². The fourth-order valence-electron chi connectivity index (χ4n) is 1.75. The number of nitrogens with two attached hydrogens (primary N) is 1. The summed E-state index contributed by atoms with van der Waals surface area (Å²) in [7, 11) is 0. The molecule has 0 fully saturated rings. The number of benzene rings is 1. The molecule has 0 radical (unpaired) electrons. The number of pyridine rings is 1. The van der Waals surface area contributed by atoms with Crippen LogP contribution in [-0.4, -0.2) is 15.0 Å². The average Bonchev–Trinajstić information content (AvgIpc) is 2.37. The highest BCUT2D eigenvalue weighted by Gasteiger charge is 2.05. The lowest BCUT2D eigenvalue weighted by molar-refractivity contribution is 0.922. The van der Waals surface area contributed by atoms with Gasteiger partial charge in [-0.25, -0.2) is 15.0 Å². The highest BCUT2D eigenvalue weighted by atomic mass is 79.9. The number of fused-ring (bicyclic) bond motifs is 2. The van der Waals surface area contributed by atoms with E-state index >= 15 is 0 Å². The summed E-state index contributed by atoms with van der Waals surface area (Å²) in [6, 6.07) is 7.99. The fourth-order valence-corrected chi connectivity index (χ4v) is 2.22. The van der Waals surface area contributed by atoms with Crippen molar-refractivity contribution in [1.82, 2.24) is 15.0 Å². The number of hydrogen-bond donors (Lipinski definition) is 1. The zero-order valence-corrected chi connectivity index (χ0v) is 10.5. The largest absolute Gasteiger partial charge is 0.324 e. The van der Waals surface area contributed by atoms with Crippen LogP contribution in [0.25, 0.3) is 21.9 Å². The summed E-state index contributed by atoms with van der Waals surface area (Å²) < 4.78 is 0.963. The third-order valence-corrected chi connectivity index (χ3v) is 3.21. The molecule has 0 aliphatic rings. The van der Waals surface area contributed by atoms with Crippen LogP contribution in [0.4, 0.5) is 0 Å². The minimum atomic E-state index is 0.325. The zero-order valence-electron chi connectivity index (χ0n) is 8.89. The fraction of sp³-hybridized carbons (Fsp3) is 0.0833. The van der Waals surface area contributed by atoms with E-state index in [0.717, 1.165) is 20.8 Å². The molecule has 1 aromatic carbocycles. The van der Waals surface area contributed by atoms with Gasteiger partial charge in [-0.15, -0.1) is 0 Å². The number of hydrogen-bond acceptors (Lipinski definition) is 4. The van der Waals surface area contributed by atoms with Gasteiger partial charge in [0.25, 0.3) is 0 Å². The van der Waals surface area contributed by atoms with E-state index in [-0.39, 0.29) is 0 Å². The molecule has 0 aliphatic carbocycles. The molecule has 0 atom stereocenters. The molecule has 2 N–H and O–H groups in total. The molecule has 0 bridgehead atoms. The molecule has 2 aromatic heterocycles. The Labute approximate surface area is 106 Å². The van der Waals surface area contributed by atoms with Crippen molar-refractivity contribution in [2.45, 2.75) is 6.54 Å². The first-order valence-corrected chi connectivity index (χ1v) is 5.98. The van der Waals surface area contributed by atoms with Gasteiger partial charge in [-0.2, -0.15) is 0 Å². The Kier molecular flexibility index (Phi) is 2.49. The normalized spacial score (nSPS) is 11.2. The molecule has 3 aromatic rings. The van der Waals surface area contributed by atoms with E-state index in [4.69, 9.17) is 5.73 Å². The van der Waals surface area contributed by atoms with Crippen molar-refractivity contribution in [2.75, 3.05) is 0 Å². The predicted octanol–water partition coefficient (Wildman–Crippen LogP) is 2.40. The summed E-state index contributed by atoms with van der Waals surface area (Å²) in [4.78, 5) is 13.0. The molecule has 0 unspecified atom stereocenters. The second kappa shape index (κ2) is 4.01. The van der Waals surface area contributed by atoms with Gasteiger partial charge in [0.1, 0.15) is 5.82 Å². The van der Waals surface area contributed by atoms with E-state index in [0.29, 0.717) is 18.0 Å². The Morgan fingerprint density at radius 1 is 1.18 bits per heavy atom. The lowest BCUT2D eigenvalue weighted by Gasteiger charge is -2.03. The Balaban J connectivity index is 2.40. The molecule has 84 valence electrons. The van der Waals surface area contributed by atoms with Crippen LogP contribution in [0.1, 0.15) is 5.82 Å². The SMILES string of the molecule is NCc1ncc2cc3cccc(Br)c3nc2n1. The van der Waals surface area contributed by atoms with Crippen LogP contribution in [0.15, 0.2) is 34.9 Å². The minimum Gasteiger partial charge on any atom is -0.324 e. The highest BCUT2D eigenvalue weighted by molar-refractivity contribution is 9.10. The van der Waals surface area contributed by atoms with Crippen molar-refractivity contribution in [3.63, 3.8) is 0 Å². The van der Waals surface area contributed by atoms with Crippen LogP contribution in [0.2, 0.25) is 0 Å². The van der Waals surface area contributed by atoms with Crippen molar-refractivity contribution in [1.29, 1.82) is 0 Å². The van der Waals surface area contributed by atoms with Crippen molar-refractivity contribution in [2.24, 2.45) is 5.73 Å². The second-order valence-corrected chi connectivity index (χ2v) is 4.56. The zero-order chi connectivity index (χ0) is 11.8. The molecule has 3 rings (SSSR count). The quantitative estimate of drug-likeness (QED) is 0.699. The van der Waals surface area contributed by atoms with Gasteiger partial charge in [-0.05, 0) is 28.1 Å². The molecule has 5 heteroatoms. The van der Waals surface area contributed by atoms with Crippen molar-refractivity contribution >= 4 is 37.9 Å². The van der Waals surface area contributed by atoms with Gasteiger partial charge in [0.2, 0.25) is 0 Å². The maximum Gasteiger partial charge on any atom is 0.163 e. The predicted molar refractivity (Wildman–Crippen MR) is 70.4 cm³/mol. The molecule has 0 amide bonds. The maximum absolute atomic E-state index is 5.52. The summed E-state index contributed by atoms with van der Waals surface area (Å²) in [5.74, 6) is 0.608. The molecular weight excluding hydrogens is 280 g/mol. The Hall–Kier alpha value is -1.59. The topological polar surface area (TPSA) is 64.7 Å². The lowest BCUT2D eigenvalue weighted by Crippen LogP contribution is -2.03. The average molecular weight is 289 g/mol. The third-order valence-electron chi connectivity index (χ3n) is 2.58. The van der Waals surface area contributed by atoms with Gasteiger partial charge in [-0.3, -0.25) is 0 Å². The van der Waals surface area contributed by atoms with Crippen LogP contribution >= 0.6 is 15.9 Å². The molecule has 4 nitrogen and oxygen atoms in total. The number of rotatable bonds is 1. The monoisotopic (exact) mass is 288 g/mol. The van der Waals surface area contributed by atoms with E-state index in [1.165, 1.54) is 0 Å². The van der Waals surface area contributed by atoms with Crippen LogP contribution < -0.4 is 5.73 Å². The van der Waals surface area contributed by atoms with E-state index in [1.54, 1.807) is 6.20 Å². The van der Waals surface area contributed by atoms with Gasteiger partial charge in [0.15, 0.2) is 5.65 Å². The Morgan fingerprint density at radius 2 is 2.06 bits per heavy atom. The van der Waals surface area contributed by atoms with E-state index in [1.807, 2.05) is 24.3 Å². The molecule has 0 saturated heterocycles. The van der Waals surface area contributed by atoms with E-state index < -0.39 is 0 Å². The Bertz CT molecular complexity index is 711. The minimum absolute atomic E-state index is 0.325. The molecule has 0 saturated carbocycles. The smallest absolute Gasteiger partial charge is 0.163 e. The van der Waals surface area contributed by atoms with Crippen LogP contribution in [-0.2, 0) is 6.54 Å². The first-order valence-electron chi connectivity index (χ1n) is 5.19. The number of aromatic nitrogens is 3. The molecule has 17 heavy (non-hydrogen) atoms. The first kappa shape index (κ1) is 10.6. The van der Waals surface area contributed by atoms with Crippen LogP contribution in [0, 0.1) is 0 Å². The van der Waals surface area contributed by atoms with Crippen molar-refractivity contribution in [3.8, 4) is 0 Å². The van der Waals surface area contributed by atoms with Crippen molar-refractivity contribution < 1.29 is 0 Å². The number of nitrogens with zero attached hydrogens (tertiary/aromatic N) is 3. The molecule has 2 heterocycles. The third kappa shape index (κ3) is 1.77. The van der Waals surface area contributed by atoms with Crippen molar-refractivity contribution in [3.05, 3.63) is 40.8 Å². The number of halogens is 1. The van der Waals surface area contributed by atoms with Gasteiger partial charge >= 0.3 is 0 Å². The van der Waals surface area contributed by atoms with Gasteiger partial charge in [0, 0.05) is 21.4 Å². The van der Waals surface area contributed by atoms with Gasteiger partial charge < -0.3 is 5.73 Å². The van der Waals surface area contributed by atoms with Crippen LogP contribution in [0.5, 0.6) is 0 Å². The number of para-hydroxylation sites is 1. The van der Waals surface area contributed by atoms with Gasteiger partial charge in [-0.1, -0.05) is 12.1 Å². The Morgan fingerprint density at radius 3 is 2.88 bits per heavy atom.